The number of ketones is 1. The highest BCUT2D eigenvalue weighted by molar-refractivity contribution is 6.06. The first-order valence-corrected chi connectivity index (χ1v) is 8.49. The normalized spacial score (nSPS) is 15.5. The molecule has 0 unspecified atom stereocenters. The van der Waals surface area contributed by atoms with Gasteiger partial charge in [0.15, 0.2) is 5.78 Å². The van der Waals surface area contributed by atoms with Crippen molar-refractivity contribution < 1.29 is 4.79 Å². The number of carbonyl (C=O) groups excluding carboxylic acids is 1. The second-order valence-electron chi connectivity index (χ2n) is 6.22. The van der Waals surface area contributed by atoms with Gasteiger partial charge >= 0.3 is 0 Å². The lowest BCUT2D eigenvalue weighted by Crippen LogP contribution is -2.46. The molecule has 1 saturated heterocycles. The van der Waals surface area contributed by atoms with Crippen LogP contribution in [0.25, 0.3) is 6.08 Å². The Morgan fingerprint density at radius 2 is 1.20 bits per heavy atom. The smallest absolute Gasteiger partial charge is 0.198 e. The lowest BCUT2D eigenvalue weighted by atomic mass is 9.92. The molecule has 0 spiro atoms. The van der Waals surface area contributed by atoms with E-state index in [1.807, 2.05) is 72.8 Å². The zero-order valence-corrected chi connectivity index (χ0v) is 13.9. The maximum atomic E-state index is 12.3. The fraction of sp³-hybridized carbons (Fsp3) is 0.0870. The molecule has 1 heterocycles. The number of hydrogen-bond acceptors (Lipinski definition) is 2. The third-order valence-corrected chi connectivity index (χ3v) is 4.55. The number of rotatable bonds is 4. The Bertz CT molecular complexity index is 846. The van der Waals surface area contributed by atoms with Crippen LogP contribution in [0.3, 0.4) is 0 Å². The van der Waals surface area contributed by atoms with E-state index in [9.17, 15) is 4.79 Å². The standard InChI is InChI=1S/C23H19NO/c25-22-17-24(21(22)16-18-10-4-1-5-11-18)23(19-12-6-2-7-13-19)20-14-8-3-9-15-20/h1-16,23H,17H2/b21-16+. The maximum Gasteiger partial charge on any atom is 0.198 e. The van der Waals surface area contributed by atoms with Crippen LogP contribution in [0, 0.1) is 0 Å². The summed E-state index contributed by atoms with van der Waals surface area (Å²) in [6.45, 7) is 0.452. The summed E-state index contributed by atoms with van der Waals surface area (Å²) in [5, 5.41) is 0. The van der Waals surface area contributed by atoms with Crippen LogP contribution in [0.2, 0.25) is 0 Å². The first-order chi connectivity index (χ1) is 12.3. The lowest BCUT2D eigenvalue weighted by Gasteiger charge is -2.42. The average Bonchev–Trinajstić information content (AvgIpc) is 2.68. The van der Waals surface area contributed by atoms with E-state index >= 15 is 0 Å². The van der Waals surface area contributed by atoms with Crippen molar-refractivity contribution in [3.05, 3.63) is 113 Å². The molecule has 3 aromatic rings. The van der Waals surface area contributed by atoms with Crippen LogP contribution in [-0.2, 0) is 4.79 Å². The summed E-state index contributed by atoms with van der Waals surface area (Å²) in [5.74, 6) is 0.195. The molecule has 0 amide bonds. The molecule has 0 saturated carbocycles. The van der Waals surface area contributed by atoms with Crippen molar-refractivity contribution in [3.63, 3.8) is 0 Å². The van der Waals surface area contributed by atoms with Gasteiger partial charge in [0, 0.05) is 0 Å². The lowest BCUT2D eigenvalue weighted by molar-refractivity contribution is -0.124. The van der Waals surface area contributed by atoms with Gasteiger partial charge in [0.05, 0.1) is 18.3 Å². The highest BCUT2D eigenvalue weighted by Crippen LogP contribution is 2.36. The second kappa shape index (κ2) is 6.78. The van der Waals surface area contributed by atoms with Gasteiger partial charge in [0.1, 0.15) is 0 Å². The molecule has 0 aromatic heterocycles. The monoisotopic (exact) mass is 325 g/mol. The van der Waals surface area contributed by atoms with Crippen molar-refractivity contribution in [2.24, 2.45) is 0 Å². The van der Waals surface area contributed by atoms with Crippen LogP contribution in [0.15, 0.2) is 96.7 Å². The molecule has 1 aliphatic rings. The average molecular weight is 325 g/mol. The maximum absolute atomic E-state index is 12.3. The van der Waals surface area contributed by atoms with Crippen molar-refractivity contribution in [2.75, 3.05) is 6.54 Å². The first kappa shape index (κ1) is 15.4. The molecule has 0 N–H and O–H groups in total. The molecule has 2 heteroatoms. The molecule has 122 valence electrons. The number of Topliss-reactive ketones (excluding diaryl/α,β-unsaturated/α-hetero) is 1. The highest BCUT2D eigenvalue weighted by Gasteiger charge is 2.36. The summed E-state index contributed by atoms with van der Waals surface area (Å²) in [6.07, 6.45) is 1.99. The topological polar surface area (TPSA) is 20.3 Å². The Hall–Kier alpha value is -3.13. The van der Waals surface area contributed by atoms with E-state index < -0.39 is 0 Å². The molecule has 0 bridgehead atoms. The summed E-state index contributed by atoms with van der Waals surface area (Å²) < 4.78 is 0. The van der Waals surface area contributed by atoms with Crippen molar-refractivity contribution in [1.82, 2.24) is 4.90 Å². The van der Waals surface area contributed by atoms with Crippen molar-refractivity contribution >= 4 is 11.9 Å². The van der Waals surface area contributed by atoms with E-state index in [1.165, 1.54) is 11.1 Å². The quantitative estimate of drug-likeness (QED) is 0.648. The van der Waals surface area contributed by atoms with Crippen LogP contribution in [-0.4, -0.2) is 17.2 Å². The van der Waals surface area contributed by atoms with Gasteiger partial charge in [0.25, 0.3) is 0 Å². The summed E-state index contributed by atoms with van der Waals surface area (Å²) in [5.41, 5.74) is 4.22. The van der Waals surface area contributed by atoms with Gasteiger partial charge in [0.2, 0.25) is 0 Å². The Balaban J connectivity index is 1.75. The number of hydrogen-bond donors (Lipinski definition) is 0. The number of benzene rings is 3. The number of likely N-dealkylation sites (tertiary alicyclic amines) is 1. The van der Waals surface area contributed by atoms with E-state index in [0.717, 1.165) is 11.3 Å². The molecule has 2 nitrogen and oxygen atoms in total. The second-order valence-corrected chi connectivity index (χ2v) is 6.22. The number of nitrogens with zero attached hydrogens (tertiary/aromatic N) is 1. The van der Waals surface area contributed by atoms with Gasteiger partial charge in [-0.25, -0.2) is 0 Å². The Labute approximate surface area is 148 Å². The zero-order chi connectivity index (χ0) is 17.1. The van der Waals surface area contributed by atoms with E-state index in [0.29, 0.717) is 6.54 Å². The Morgan fingerprint density at radius 1 is 0.720 bits per heavy atom. The van der Waals surface area contributed by atoms with Crippen molar-refractivity contribution in [2.45, 2.75) is 6.04 Å². The van der Waals surface area contributed by atoms with Gasteiger partial charge in [-0.2, -0.15) is 0 Å². The molecular formula is C23H19NO. The van der Waals surface area contributed by atoms with Crippen LogP contribution in [0.5, 0.6) is 0 Å². The minimum Gasteiger partial charge on any atom is -0.350 e. The van der Waals surface area contributed by atoms with E-state index in [4.69, 9.17) is 0 Å². The van der Waals surface area contributed by atoms with Gasteiger partial charge in [-0.1, -0.05) is 91.0 Å². The molecular weight excluding hydrogens is 306 g/mol. The molecule has 0 atom stereocenters. The predicted octanol–water partition coefficient (Wildman–Crippen LogP) is 4.70. The molecule has 25 heavy (non-hydrogen) atoms. The fourth-order valence-electron chi connectivity index (χ4n) is 3.31. The zero-order valence-electron chi connectivity index (χ0n) is 13.9. The van der Waals surface area contributed by atoms with E-state index in [1.54, 1.807) is 0 Å². The largest absolute Gasteiger partial charge is 0.350 e. The molecule has 3 aromatic carbocycles. The van der Waals surface area contributed by atoms with Crippen molar-refractivity contribution in [1.29, 1.82) is 0 Å². The molecule has 0 aliphatic carbocycles. The van der Waals surface area contributed by atoms with Gasteiger partial charge < -0.3 is 4.90 Å². The van der Waals surface area contributed by atoms with Crippen LogP contribution in [0.4, 0.5) is 0 Å². The van der Waals surface area contributed by atoms with Crippen LogP contribution >= 0.6 is 0 Å². The predicted molar refractivity (Wildman–Crippen MR) is 101 cm³/mol. The summed E-state index contributed by atoms with van der Waals surface area (Å²) in [4.78, 5) is 14.5. The highest BCUT2D eigenvalue weighted by atomic mass is 16.1. The molecule has 1 aliphatic heterocycles. The van der Waals surface area contributed by atoms with E-state index in [2.05, 4.69) is 29.2 Å². The van der Waals surface area contributed by atoms with Crippen LogP contribution in [0.1, 0.15) is 22.7 Å². The molecule has 1 fully saturated rings. The fourth-order valence-corrected chi connectivity index (χ4v) is 3.31. The van der Waals surface area contributed by atoms with Gasteiger partial charge in [-0.3, -0.25) is 4.79 Å². The third kappa shape index (κ3) is 3.11. The summed E-state index contributed by atoms with van der Waals surface area (Å²) in [7, 11) is 0. The summed E-state index contributed by atoms with van der Waals surface area (Å²) >= 11 is 0. The minimum atomic E-state index is 0.0510. The van der Waals surface area contributed by atoms with Crippen LogP contribution < -0.4 is 0 Å². The Kier molecular flexibility index (Phi) is 4.17. The first-order valence-electron chi connectivity index (χ1n) is 8.49. The molecule has 4 rings (SSSR count). The van der Waals surface area contributed by atoms with Gasteiger partial charge in [-0.05, 0) is 22.8 Å². The van der Waals surface area contributed by atoms with Crippen molar-refractivity contribution in [3.8, 4) is 0 Å². The van der Waals surface area contributed by atoms with Gasteiger partial charge in [-0.15, -0.1) is 0 Å². The number of carbonyl (C=O) groups is 1. The minimum absolute atomic E-state index is 0.0510. The molecule has 0 radical (unpaired) electrons. The Morgan fingerprint density at radius 3 is 1.68 bits per heavy atom. The van der Waals surface area contributed by atoms with E-state index in [-0.39, 0.29) is 11.8 Å². The summed E-state index contributed by atoms with van der Waals surface area (Å²) in [6, 6.07) is 30.8. The third-order valence-electron chi connectivity index (χ3n) is 4.55. The SMILES string of the molecule is O=C1CN(C(c2ccccc2)c2ccccc2)/C1=C/c1ccccc1.